The van der Waals surface area contributed by atoms with E-state index in [-0.39, 0.29) is 5.41 Å². The molecule has 3 rings (SSSR count). The monoisotopic (exact) mass is 397 g/mol. The lowest BCUT2D eigenvalue weighted by Crippen LogP contribution is -2.33. The van der Waals surface area contributed by atoms with Gasteiger partial charge in [-0.3, -0.25) is 0 Å². The van der Waals surface area contributed by atoms with Crippen molar-refractivity contribution in [1.82, 2.24) is 9.55 Å². The maximum atomic E-state index is 10.6. The van der Waals surface area contributed by atoms with Gasteiger partial charge in [-0.05, 0) is 56.4 Å². The summed E-state index contributed by atoms with van der Waals surface area (Å²) in [6.07, 6.45) is -0.288. The number of nitrogens with zero attached hydrogens (tertiary/aromatic N) is 3. The van der Waals surface area contributed by atoms with E-state index in [1.54, 1.807) is 6.33 Å². The number of aliphatic hydroxyl groups is 1. The summed E-state index contributed by atoms with van der Waals surface area (Å²) in [6, 6.07) is 6.59. The van der Waals surface area contributed by atoms with Crippen LogP contribution in [0.25, 0.3) is 11.0 Å². The van der Waals surface area contributed by atoms with Gasteiger partial charge in [0.25, 0.3) is 0 Å². The van der Waals surface area contributed by atoms with Gasteiger partial charge in [0.05, 0.1) is 41.5 Å². The number of carbonyl (C=O) groups is 1. The summed E-state index contributed by atoms with van der Waals surface area (Å²) in [5, 5.41) is 26.7. The highest BCUT2D eigenvalue weighted by molar-refractivity contribution is 5.77. The van der Waals surface area contributed by atoms with E-state index in [0.29, 0.717) is 13.0 Å². The molecular formula is C19H22F3N3O3. The molecule has 0 spiro atoms. The van der Waals surface area contributed by atoms with Gasteiger partial charge in [-0.25, -0.2) is 9.78 Å². The smallest absolute Gasteiger partial charge is 0.475 e. The van der Waals surface area contributed by atoms with E-state index in [1.165, 1.54) is 11.1 Å². The molecule has 2 N–H and O–H groups in total. The zero-order chi connectivity index (χ0) is 21.1. The lowest BCUT2D eigenvalue weighted by molar-refractivity contribution is -0.192. The second-order valence-corrected chi connectivity index (χ2v) is 7.23. The first-order chi connectivity index (χ1) is 13.0. The highest BCUT2D eigenvalue weighted by Crippen LogP contribution is 2.44. The zero-order valence-corrected chi connectivity index (χ0v) is 15.6. The summed E-state index contributed by atoms with van der Waals surface area (Å²) in [5.41, 5.74) is 4.18. The Hall–Kier alpha value is -2.60. The molecule has 0 radical (unpaired) electrons. The molecule has 0 bridgehead atoms. The van der Waals surface area contributed by atoms with Crippen molar-refractivity contribution < 1.29 is 28.2 Å². The molecule has 0 amide bonds. The molecule has 1 aromatic carbocycles. The lowest BCUT2D eigenvalue weighted by Gasteiger charge is -2.36. The molecule has 0 aliphatic heterocycles. The minimum atomic E-state index is -5.08. The fourth-order valence-electron chi connectivity index (χ4n) is 3.17. The zero-order valence-electron chi connectivity index (χ0n) is 15.6. The molecule has 2 aromatic rings. The Kier molecular flexibility index (Phi) is 6.34. The Labute approximate surface area is 160 Å². The van der Waals surface area contributed by atoms with Crippen LogP contribution in [-0.2, 0) is 11.3 Å². The number of aromatic nitrogens is 2. The second kappa shape index (κ2) is 8.19. The summed E-state index contributed by atoms with van der Waals surface area (Å²) < 4.78 is 33.7. The molecule has 1 aliphatic carbocycles. The maximum absolute atomic E-state index is 10.6. The fraction of sp³-hybridized carbons (Fsp3) is 0.526. The number of carboxylic acids is 1. The van der Waals surface area contributed by atoms with Crippen LogP contribution >= 0.6 is 0 Å². The van der Waals surface area contributed by atoms with Crippen LogP contribution in [0.5, 0.6) is 0 Å². The number of halogens is 3. The maximum Gasteiger partial charge on any atom is 0.490 e. The number of aliphatic hydroxyl groups excluding tert-OH is 1. The number of nitriles is 1. The van der Waals surface area contributed by atoms with Crippen LogP contribution in [-0.4, -0.2) is 38.0 Å². The number of aliphatic carboxylic acids is 1. The number of imidazole rings is 1. The van der Waals surface area contributed by atoms with Crippen molar-refractivity contribution in [3.63, 3.8) is 0 Å². The number of carboxylic acid groups (broad SMARTS) is 1. The van der Waals surface area contributed by atoms with E-state index in [4.69, 9.17) is 9.90 Å². The first kappa shape index (κ1) is 21.7. The third kappa shape index (κ3) is 5.01. The predicted molar refractivity (Wildman–Crippen MR) is 95.4 cm³/mol. The average Bonchev–Trinajstić information content (AvgIpc) is 2.93. The van der Waals surface area contributed by atoms with Crippen LogP contribution in [0.3, 0.4) is 0 Å². The number of hydrogen-bond acceptors (Lipinski definition) is 4. The van der Waals surface area contributed by atoms with E-state index >= 15 is 0 Å². The molecule has 28 heavy (non-hydrogen) atoms. The molecule has 1 unspecified atom stereocenters. The summed E-state index contributed by atoms with van der Waals surface area (Å²) in [4.78, 5) is 13.3. The van der Waals surface area contributed by atoms with Crippen LogP contribution in [0.4, 0.5) is 13.2 Å². The van der Waals surface area contributed by atoms with E-state index in [2.05, 4.69) is 37.0 Å². The van der Waals surface area contributed by atoms with Crippen molar-refractivity contribution in [3.8, 4) is 6.07 Å². The largest absolute Gasteiger partial charge is 0.490 e. The van der Waals surface area contributed by atoms with Gasteiger partial charge in [0.2, 0.25) is 0 Å². The van der Waals surface area contributed by atoms with Gasteiger partial charge in [-0.15, -0.1) is 0 Å². The highest BCUT2D eigenvalue weighted by atomic mass is 19.4. The Morgan fingerprint density at radius 1 is 1.36 bits per heavy atom. The van der Waals surface area contributed by atoms with E-state index in [9.17, 15) is 23.5 Å². The van der Waals surface area contributed by atoms with Gasteiger partial charge >= 0.3 is 12.1 Å². The Morgan fingerprint density at radius 2 is 1.93 bits per heavy atom. The van der Waals surface area contributed by atoms with Crippen molar-refractivity contribution >= 4 is 17.0 Å². The minimum absolute atomic E-state index is 0.289. The topological polar surface area (TPSA) is 99.1 Å². The fourth-order valence-corrected chi connectivity index (χ4v) is 3.17. The molecule has 6 nitrogen and oxygen atoms in total. The van der Waals surface area contributed by atoms with Crippen molar-refractivity contribution in [3.05, 3.63) is 29.6 Å². The van der Waals surface area contributed by atoms with Gasteiger partial charge < -0.3 is 14.8 Å². The van der Waals surface area contributed by atoms with Crippen molar-refractivity contribution in [2.24, 2.45) is 5.41 Å². The summed E-state index contributed by atoms with van der Waals surface area (Å²) in [5.74, 6) is -2.76. The van der Waals surface area contributed by atoms with Crippen LogP contribution in [0.15, 0.2) is 18.5 Å². The van der Waals surface area contributed by atoms with Gasteiger partial charge in [-0.1, -0.05) is 6.42 Å². The Bertz CT molecular complexity index is 895. The second-order valence-electron chi connectivity index (χ2n) is 7.23. The molecule has 0 saturated heterocycles. The summed E-state index contributed by atoms with van der Waals surface area (Å²) in [7, 11) is 0. The normalized spacial score (nSPS) is 16.5. The first-order valence-electron chi connectivity index (χ1n) is 8.79. The number of fused-ring (bicyclic) bond motifs is 1. The third-order valence-electron chi connectivity index (χ3n) is 5.06. The molecule has 1 fully saturated rings. The van der Waals surface area contributed by atoms with Crippen molar-refractivity contribution in [2.45, 2.75) is 58.4 Å². The lowest BCUT2D eigenvalue weighted by atomic mass is 9.67. The highest BCUT2D eigenvalue weighted by Gasteiger charge is 2.39. The molecule has 1 saturated carbocycles. The molecular weight excluding hydrogens is 375 g/mol. The number of rotatable bonds is 4. The van der Waals surface area contributed by atoms with Gasteiger partial charge in [0.1, 0.15) is 0 Å². The predicted octanol–water partition coefficient (Wildman–Crippen LogP) is 3.73. The van der Waals surface area contributed by atoms with Crippen LogP contribution in [0, 0.1) is 30.6 Å². The van der Waals surface area contributed by atoms with E-state index in [0.717, 1.165) is 30.3 Å². The molecule has 9 heteroatoms. The first-order valence-corrected chi connectivity index (χ1v) is 8.79. The Balaban J connectivity index is 0.000000345. The summed E-state index contributed by atoms with van der Waals surface area (Å²) in [6.45, 7) is 4.67. The quantitative estimate of drug-likeness (QED) is 0.819. The molecule has 1 heterocycles. The van der Waals surface area contributed by atoms with Crippen LogP contribution in [0.1, 0.15) is 36.8 Å². The number of benzene rings is 1. The van der Waals surface area contributed by atoms with Gasteiger partial charge in [0.15, 0.2) is 0 Å². The molecule has 1 atom stereocenters. The van der Waals surface area contributed by atoms with Gasteiger partial charge in [0, 0.05) is 0 Å². The van der Waals surface area contributed by atoms with E-state index in [1.807, 2.05) is 4.57 Å². The van der Waals surface area contributed by atoms with Crippen molar-refractivity contribution in [1.29, 1.82) is 5.26 Å². The average molecular weight is 397 g/mol. The third-order valence-corrected chi connectivity index (χ3v) is 5.06. The van der Waals surface area contributed by atoms with Gasteiger partial charge in [-0.2, -0.15) is 18.4 Å². The Morgan fingerprint density at radius 3 is 2.39 bits per heavy atom. The number of alkyl halides is 3. The molecule has 1 aromatic heterocycles. The van der Waals surface area contributed by atoms with Crippen LogP contribution < -0.4 is 0 Å². The number of hydrogen-bond donors (Lipinski definition) is 2. The van der Waals surface area contributed by atoms with E-state index < -0.39 is 18.2 Å². The molecule has 1 aliphatic rings. The van der Waals surface area contributed by atoms with Crippen molar-refractivity contribution in [2.75, 3.05) is 0 Å². The minimum Gasteiger partial charge on any atom is -0.475 e. The summed E-state index contributed by atoms with van der Waals surface area (Å²) >= 11 is 0. The number of aryl methyl sites for hydroxylation is 2. The van der Waals surface area contributed by atoms with Crippen LogP contribution in [0.2, 0.25) is 0 Å². The SMILES string of the molecule is Cc1cc2ncn(CC(O)CC3(C#N)CCC3)c2cc1C.O=C(O)C(F)(F)F. The molecule has 152 valence electrons. The standard InChI is InChI=1S/C17H21N3O.C2HF3O2/c1-12-6-15-16(7-13(12)2)20(11-19-15)9-14(21)8-17(10-18)4-3-5-17;3-2(4,5)1(6)7/h6-7,11,14,21H,3-5,8-9H2,1-2H3;(H,6,7).